The van der Waals surface area contributed by atoms with Crippen molar-refractivity contribution in [2.24, 2.45) is 0 Å². The predicted molar refractivity (Wildman–Crippen MR) is 85.0 cm³/mol. The number of carbonyl (C=O) groups excluding carboxylic acids is 1. The van der Waals surface area contributed by atoms with E-state index in [1.165, 1.54) is 18.9 Å². The number of nitrogens with one attached hydrogen (secondary N) is 2. The highest BCUT2D eigenvalue weighted by molar-refractivity contribution is 7.97. The largest absolute Gasteiger partial charge is 0.291 e. The lowest BCUT2D eigenvalue weighted by Crippen LogP contribution is -2.19. The Bertz CT molecular complexity index is 712. The molecule has 1 saturated carbocycles. The second-order valence-corrected chi connectivity index (χ2v) is 6.25. The van der Waals surface area contributed by atoms with Crippen molar-refractivity contribution in [2.45, 2.75) is 30.2 Å². The fourth-order valence-electron chi connectivity index (χ4n) is 1.76. The van der Waals surface area contributed by atoms with Crippen molar-refractivity contribution in [3.8, 4) is 0 Å². The van der Waals surface area contributed by atoms with Crippen LogP contribution >= 0.6 is 11.9 Å². The molecular formula is C15H16N4OS. The van der Waals surface area contributed by atoms with Crippen LogP contribution in [0.15, 0.2) is 41.9 Å². The summed E-state index contributed by atoms with van der Waals surface area (Å²) in [7, 11) is 0. The van der Waals surface area contributed by atoms with Gasteiger partial charge in [0.2, 0.25) is 11.9 Å². The van der Waals surface area contributed by atoms with Crippen LogP contribution in [0.1, 0.15) is 19.8 Å². The van der Waals surface area contributed by atoms with Crippen molar-refractivity contribution in [3.05, 3.63) is 37.1 Å². The third-order valence-electron chi connectivity index (χ3n) is 3.39. The topological polar surface area (TPSA) is 66.9 Å². The molecule has 0 bridgehead atoms. The van der Waals surface area contributed by atoms with Gasteiger partial charge in [-0.3, -0.25) is 14.8 Å². The third kappa shape index (κ3) is 3.40. The summed E-state index contributed by atoms with van der Waals surface area (Å²) in [5.74, 6) is -0.0279. The molecule has 2 N–H and O–H groups in total. The van der Waals surface area contributed by atoms with Gasteiger partial charge in [-0.1, -0.05) is 12.6 Å². The van der Waals surface area contributed by atoms with Crippen molar-refractivity contribution in [2.75, 3.05) is 5.32 Å². The molecule has 1 amide bonds. The van der Waals surface area contributed by atoms with Gasteiger partial charge < -0.3 is 0 Å². The molecule has 3 rings (SSSR count). The lowest BCUT2D eigenvalue weighted by Gasteiger charge is -2.10. The number of hydrogen-bond acceptors (Lipinski definition) is 5. The fraction of sp³-hybridized carbons (Fsp3) is 0.267. The van der Waals surface area contributed by atoms with E-state index >= 15 is 0 Å². The zero-order valence-electron chi connectivity index (χ0n) is 11.7. The number of anilines is 1. The molecular weight excluding hydrogens is 284 g/mol. The van der Waals surface area contributed by atoms with Crippen LogP contribution in [0, 0.1) is 0 Å². The van der Waals surface area contributed by atoms with Gasteiger partial charge in [0.15, 0.2) is 0 Å². The van der Waals surface area contributed by atoms with Gasteiger partial charge in [-0.15, -0.1) is 0 Å². The maximum atomic E-state index is 11.3. The van der Waals surface area contributed by atoms with Crippen LogP contribution in [0.25, 0.3) is 10.9 Å². The molecule has 1 aromatic heterocycles. The van der Waals surface area contributed by atoms with E-state index < -0.39 is 0 Å². The van der Waals surface area contributed by atoms with Gasteiger partial charge in [-0.25, -0.2) is 9.97 Å². The molecule has 0 radical (unpaired) electrons. The Kier molecular flexibility index (Phi) is 3.65. The summed E-state index contributed by atoms with van der Waals surface area (Å²) in [5, 5.41) is 3.51. The summed E-state index contributed by atoms with van der Waals surface area (Å²) in [4.78, 5) is 20.8. The molecule has 1 aliphatic rings. The first-order valence-corrected chi connectivity index (χ1v) is 7.54. The minimum Gasteiger partial charge on any atom is -0.291 e. The highest BCUT2D eigenvalue weighted by Crippen LogP contribution is 2.37. The minimum atomic E-state index is -0.316. The highest BCUT2D eigenvalue weighted by atomic mass is 32.2. The van der Waals surface area contributed by atoms with Crippen LogP contribution in [0.5, 0.6) is 0 Å². The Morgan fingerprint density at radius 3 is 3.00 bits per heavy atom. The molecule has 5 nitrogen and oxygen atoms in total. The Hall–Kier alpha value is -1.92. The molecule has 1 fully saturated rings. The maximum Gasteiger partial charge on any atom is 0.250 e. The maximum absolute atomic E-state index is 11.3. The van der Waals surface area contributed by atoms with Crippen LogP contribution < -0.4 is 10.0 Å². The zero-order chi connectivity index (χ0) is 14.9. The van der Waals surface area contributed by atoms with Gasteiger partial charge in [0, 0.05) is 22.0 Å². The second-order valence-electron chi connectivity index (χ2n) is 5.37. The van der Waals surface area contributed by atoms with Crippen molar-refractivity contribution < 1.29 is 4.79 Å². The predicted octanol–water partition coefficient (Wildman–Crippen LogP) is 2.90. The van der Waals surface area contributed by atoms with Crippen molar-refractivity contribution in [1.29, 1.82) is 0 Å². The normalized spacial score (nSPS) is 15.7. The Morgan fingerprint density at radius 2 is 2.29 bits per heavy atom. The number of carbonyl (C=O) groups is 1. The number of nitrogens with zero attached hydrogens (tertiary/aromatic N) is 2. The highest BCUT2D eigenvalue weighted by Gasteiger charge is 2.36. The molecule has 1 aromatic carbocycles. The van der Waals surface area contributed by atoms with E-state index in [9.17, 15) is 4.79 Å². The number of rotatable bonds is 5. The number of aromatic nitrogens is 2. The summed E-state index contributed by atoms with van der Waals surface area (Å²) >= 11 is 1.62. The quantitative estimate of drug-likeness (QED) is 0.656. The summed E-state index contributed by atoms with van der Waals surface area (Å²) in [6, 6.07) is 6.01. The first-order valence-electron chi connectivity index (χ1n) is 6.72. The SMILES string of the molecule is C=CC(=O)Nc1ncc2ccc(SNC3(C)CC3)cc2n1. The summed E-state index contributed by atoms with van der Waals surface area (Å²) in [5.41, 5.74) is 1.08. The molecule has 0 unspecified atom stereocenters. The third-order valence-corrected chi connectivity index (χ3v) is 4.47. The zero-order valence-corrected chi connectivity index (χ0v) is 12.5. The Balaban J connectivity index is 1.80. The molecule has 2 aromatic rings. The van der Waals surface area contributed by atoms with Crippen LogP contribution in [0.4, 0.5) is 5.95 Å². The molecule has 0 atom stereocenters. The smallest absolute Gasteiger partial charge is 0.250 e. The molecule has 108 valence electrons. The van der Waals surface area contributed by atoms with Crippen LogP contribution in [-0.4, -0.2) is 21.4 Å². The first kappa shape index (κ1) is 14.0. The van der Waals surface area contributed by atoms with E-state index in [-0.39, 0.29) is 17.4 Å². The molecule has 21 heavy (non-hydrogen) atoms. The van der Waals surface area contributed by atoms with Crippen molar-refractivity contribution >= 4 is 34.7 Å². The summed E-state index contributed by atoms with van der Waals surface area (Å²) in [6.45, 7) is 5.62. The van der Waals surface area contributed by atoms with E-state index in [2.05, 4.69) is 33.5 Å². The van der Waals surface area contributed by atoms with E-state index in [0.717, 1.165) is 15.8 Å². The second kappa shape index (κ2) is 5.46. The minimum absolute atomic E-state index is 0.272. The molecule has 0 aliphatic heterocycles. The standard InChI is InChI=1S/C15H16N4OS/c1-3-13(20)18-14-16-9-10-4-5-11(8-12(10)17-14)21-19-15(2)6-7-15/h3-5,8-9,19H,1,6-7H2,2H3,(H,16,17,18,20). The first-order chi connectivity index (χ1) is 10.1. The fourth-order valence-corrected chi connectivity index (χ4v) is 2.63. The number of fused-ring (bicyclic) bond motifs is 1. The molecule has 0 saturated heterocycles. The number of amides is 1. The summed E-state index contributed by atoms with van der Waals surface area (Å²) in [6.07, 6.45) is 5.33. The van der Waals surface area contributed by atoms with E-state index in [0.29, 0.717) is 0 Å². The van der Waals surface area contributed by atoms with E-state index in [1.54, 1.807) is 18.1 Å². The van der Waals surface area contributed by atoms with Gasteiger partial charge in [0.25, 0.3) is 0 Å². The molecule has 6 heteroatoms. The van der Waals surface area contributed by atoms with Crippen LogP contribution in [0.2, 0.25) is 0 Å². The van der Waals surface area contributed by atoms with Crippen molar-refractivity contribution in [1.82, 2.24) is 14.7 Å². The number of benzene rings is 1. The van der Waals surface area contributed by atoms with Gasteiger partial charge in [-0.2, -0.15) is 0 Å². The van der Waals surface area contributed by atoms with Gasteiger partial charge in [0.1, 0.15) is 0 Å². The van der Waals surface area contributed by atoms with Crippen LogP contribution in [0.3, 0.4) is 0 Å². The summed E-state index contributed by atoms with van der Waals surface area (Å²) < 4.78 is 3.46. The lowest BCUT2D eigenvalue weighted by molar-refractivity contribution is -0.111. The van der Waals surface area contributed by atoms with Gasteiger partial charge in [-0.05, 0) is 49.9 Å². The van der Waals surface area contributed by atoms with Crippen molar-refractivity contribution in [3.63, 3.8) is 0 Å². The molecule has 0 spiro atoms. The van der Waals surface area contributed by atoms with Gasteiger partial charge in [0.05, 0.1) is 5.52 Å². The lowest BCUT2D eigenvalue weighted by atomic mass is 10.2. The van der Waals surface area contributed by atoms with Gasteiger partial charge >= 0.3 is 0 Å². The average Bonchev–Trinajstić information content (AvgIpc) is 3.23. The monoisotopic (exact) mass is 300 g/mol. The average molecular weight is 300 g/mol. The number of hydrogen-bond donors (Lipinski definition) is 2. The van der Waals surface area contributed by atoms with Crippen LogP contribution in [-0.2, 0) is 4.79 Å². The molecule has 1 heterocycles. The molecule has 1 aliphatic carbocycles. The van der Waals surface area contributed by atoms with E-state index in [1.807, 2.05) is 18.2 Å². The van der Waals surface area contributed by atoms with E-state index in [4.69, 9.17) is 0 Å². The Morgan fingerprint density at radius 1 is 1.48 bits per heavy atom. The Labute approximate surface area is 127 Å².